The number of amides is 1. The highest BCUT2D eigenvalue weighted by Crippen LogP contribution is 2.41. The highest BCUT2D eigenvalue weighted by Gasteiger charge is 2.46. The van der Waals surface area contributed by atoms with Crippen molar-refractivity contribution in [3.8, 4) is 5.75 Å². The predicted molar refractivity (Wildman–Crippen MR) is 155 cm³/mol. The summed E-state index contributed by atoms with van der Waals surface area (Å²) in [7, 11) is 0. The molecule has 202 valence electrons. The maximum Gasteiger partial charge on any atom is 0.295 e. The fourth-order valence-corrected chi connectivity index (χ4v) is 4.99. The summed E-state index contributed by atoms with van der Waals surface area (Å²) in [5.74, 6) is -0.532. The van der Waals surface area contributed by atoms with E-state index in [1.54, 1.807) is 30.6 Å². The van der Waals surface area contributed by atoms with Crippen molar-refractivity contribution in [1.82, 2.24) is 9.88 Å². The zero-order chi connectivity index (χ0) is 28.2. The van der Waals surface area contributed by atoms with Gasteiger partial charge < -0.3 is 14.7 Å². The number of hydrogen-bond donors (Lipinski definition) is 1. The average Bonchev–Trinajstić information content (AvgIpc) is 3.22. The van der Waals surface area contributed by atoms with Gasteiger partial charge in [-0.3, -0.25) is 14.6 Å². The minimum absolute atomic E-state index is 0.0775. The molecule has 0 radical (unpaired) electrons. The van der Waals surface area contributed by atoms with Crippen LogP contribution in [0.15, 0.2) is 103 Å². The largest absolute Gasteiger partial charge is 0.507 e. The van der Waals surface area contributed by atoms with Crippen LogP contribution in [0.4, 0.5) is 0 Å². The molecule has 6 heteroatoms. The highest BCUT2D eigenvalue weighted by atomic mass is 16.5. The Labute approximate surface area is 234 Å². The van der Waals surface area contributed by atoms with E-state index in [1.807, 2.05) is 73.7 Å². The normalized spacial score (nSPS) is 16.5. The lowest BCUT2D eigenvalue weighted by molar-refractivity contribution is -0.140. The van der Waals surface area contributed by atoms with Gasteiger partial charge in [-0.2, -0.15) is 0 Å². The van der Waals surface area contributed by atoms with E-state index in [0.29, 0.717) is 23.8 Å². The summed E-state index contributed by atoms with van der Waals surface area (Å²) in [4.78, 5) is 32.4. The molecule has 0 saturated carbocycles. The van der Waals surface area contributed by atoms with Crippen LogP contribution in [0.2, 0.25) is 0 Å². The minimum Gasteiger partial charge on any atom is -0.507 e. The summed E-state index contributed by atoms with van der Waals surface area (Å²) in [6.45, 7) is 6.74. The van der Waals surface area contributed by atoms with Crippen LogP contribution < -0.4 is 4.74 Å². The van der Waals surface area contributed by atoms with Crippen LogP contribution in [0.3, 0.4) is 0 Å². The van der Waals surface area contributed by atoms with Crippen LogP contribution in [-0.2, 0) is 22.7 Å². The lowest BCUT2D eigenvalue weighted by Gasteiger charge is -2.26. The molecule has 6 nitrogen and oxygen atoms in total. The second-order valence-corrected chi connectivity index (χ2v) is 10.4. The first kappa shape index (κ1) is 26.9. The molecule has 4 aromatic rings. The molecule has 1 saturated heterocycles. The smallest absolute Gasteiger partial charge is 0.295 e. The lowest BCUT2D eigenvalue weighted by atomic mass is 9.93. The zero-order valence-corrected chi connectivity index (χ0v) is 22.9. The fourth-order valence-electron chi connectivity index (χ4n) is 4.99. The minimum atomic E-state index is -0.733. The van der Waals surface area contributed by atoms with Gasteiger partial charge >= 0.3 is 0 Å². The van der Waals surface area contributed by atoms with E-state index in [9.17, 15) is 14.7 Å². The van der Waals surface area contributed by atoms with Crippen LogP contribution in [0.1, 0.15) is 59.2 Å². The number of aromatic nitrogens is 1. The van der Waals surface area contributed by atoms with E-state index in [2.05, 4.69) is 18.8 Å². The van der Waals surface area contributed by atoms with Crippen LogP contribution in [0.5, 0.6) is 5.75 Å². The number of hydrogen-bond acceptors (Lipinski definition) is 5. The quantitative estimate of drug-likeness (QED) is 0.155. The van der Waals surface area contributed by atoms with E-state index in [0.717, 1.165) is 27.8 Å². The van der Waals surface area contributed by atoms with Gasteiger partial charge in [-0.1, -0.05) is 68.4 Å². The van der Waals surface area contributed by atoms with Gasteiger partial charge in [0.2, 0.25) is 0 Å². The second kappa shape index (κ2) is 11.6. The summed E-state index contributed by atoms with van der Waals surface area (Å²) < 4.78 is 5.99. The Morgan fingerprint density at radius 2 is 1.62 bits per heavy atom. The highest BCUT2D eigenvalue weighted by molar-refractivity contribution is 6.46. The SMILES string of the molecule is Cc1cc(/C(O)=C2/C(=O)C(=O)N(Cc3ccncc3)C2c2ccc(C(C)C)cc2)ccc1OCc1ccccc1. The molecule has 1 aromatic heterocycles. The molecule has 3 aromatic carbocycles. The number of benzene rings is 3. The number of aliphatic hydroxyl groups is 1. The van der Waals surface area contributed by atoms with Crippen LogP contribution in [0.25, 0.3) is 5.76 Å². The van der Waals surface area contributed by atoms with Gasteiger partial charge in [0.05, 0.1) is 11.6 Å². The first-order valence-corrected chi connectivity index (χ1v) is 13.4. The average molecular weight is 533 g/mol. The molecule has 2 heterocycles. The molecule has 1 N–H and O–H groups in total. The fraction of sp³-hybridized carbons (Fsp3) is 0.206. The Kier molecular flexibility index (Phi) is 7.78. The molecule has 40 heavy (non-hydrogen) atoms. The number of likely N-dealkylation sites (tertiary alicyclic amines) is 1. The van der Waals surface area contributed by atoms with Gasteiger partial charge in [0.15, 0.2) is 0 Å². The third kappa shape index (κ3) is 5.52. The summed E-state index contributed by atoms with van der Waals surface area (Å²) in [5.41, 5.74) is 5.14. The first-order chi connectivity index (χ1) is 19.3. The van der Waals surface area contributed by atoms with Crippen molar-refractivity contribution in [2.45, 2.75) is 45.9 Å². The first-order valence-electron chi connectivity index (χ1n) is 13.4. The number of ether oxygens (including phenoxy) is 1. The van der Waals surface area contributed by atoms with Gasteiger partial charge in [-0.05, 0) is 71.0 Å². The monoisotopic (exact) mass is 532 g/mol. The number of Topliss-reactive ketones (excluding diaryl/α,β-unsaturated/α-hetero) is 1. The van der Waals surface area contributed by atoms with Crippen molar-refractivity contribution >= 4 is 17.4 Å². The number of rotatable bonds is 8. The molecule has 5 rings (SSSR count). The van der Waals surface area contributed by atoms with Crippen molar-refractivity contribution in [2.75, 3.05) is 0 Å². The number of carbonyl (C=O) groups is 2. The Morgan fingerprint density at radius 3 is 2.27 bits per heavy atom. The number of aliphatic hydroxyl groups excluding tert-OH is 1. The van der Waals surface area contributed by atoms with E-state index >= 15 is 0 Å². The third-order valence-corrected chi connectivity index (χ3v) is 7.25. The van der Waals surface area contributed by atoms with Crippen LogP contribution in [0, 0.1) is 6.92 Å². The maximum atomic E-state index is 13.4. The van der Waals surface area contributed by atoms with E-state index in [4.69, 9.17) is 4.74 Å². The second-order valence-electron chi connectivity index (χ2n) is 10.4. The molecule has 0 aliphatic carbocycles. The van der Waals surface area contributed by atoms with Crippen molar-refractivity contribution < 1.29 is 19.4 Å². The summed E-state index contributed by atoms with van der Waals surface area (Å²) >= 11 is 0. The Balaban J connectivity index is 1.52. The number of pyridine rings is 1. The number of ketones is 1. The van der Waals surface area contributed by atoms with Crippen molar-refractivity contribution in [3.63, 3.8) is 0 Å². The van der Waals surface area contributed by atoms with Gasteiger partial charge in [-0.25, -0.2) is 0 Å². The number of nitrogens with zero attached hydrogens (tertiary/aromatic N) is 2. The van der Waals surface area contributed by atoms with Crippen LogP contribution in [-0.4, -0.2) is 26.7 Å². The molecule has 1 fully saturated rings. The molecule has 1 aliphatic rings. The number of aryl methyl sites for hydroxylation is 1. The predicted octanol–water partition coefficient (Wildman–Crippen LogP) is 6.71. The van der Waals surface area contributed by atoms with Crippen molar-refractivity contribution in [1.29, 1.82) is 0 Å². The standard InChI is InChI=1S/C34H32N2O4/c1-22(2)26-9-11-27(12-10-26)31-30(33(38)34(39)36(31)20-24-15-17-35-18-16-24)32(37)28-13-14-29(23(3)19-28)40-21-25-7-5-4-6-8-25/h4-19,22,31,37H,20-21H2,1-3H3/b32-30-. The molecule has 1 atom stereocenters. The van der Waals surface area contributed by atoms with E-state index < -0.39 is 17.7 Å². The van der Waals surface area contributed by atoms with Gasteiger partial charge in [-0.15, -0.1) is 0 Å². The topological polar surface area (TPSA) is 79.7 Å². The van der Waals surface area contributed by atoms with E-state index in [1.165, 1.54) is 4.90 Å². The van der Waals surface area contributed by atoms with Crippen LogP contribution >= 0.6 is 0 Å². The van der Waals surface area contributed by atoms with Crippen molar-refractivity contribution in [2.24, 2.45) is 0 Å². The third-order valence-electron chi connectivity index (χ3n) is 7.25. The summed E-state index contributed by atoms with van der Waals surface area (Å²) in [6, 6.07) is 25.9. The van der Waals surface area contributed by atoms with Gasteiger partial charge in [0, 0.05) is 24.5 Å². The lowest BCUT2D eigenvalue weighted by Crippen LogP contribution is -2.29. The maximum absolute atomic E-state index is 13.4. The molecule has 0 bridgehead atoms. The summed E-state index contributed by atoms with van der Waals surface area (Å²) in [6.07, 6.45) is 3.31. The van der Waals surface area contributed by atoms with Crippen molar-refractivity contribution in [3.05, 3.63) is 136 Å². The van der Waals surface area contributed by atoms with Gasteiger partial charge in [0.25, 0.3) is 11.7 Å². The molecule has 0 spiro atoms. The van der Waals surface area contributed by atoms with Gasteiger partial charge in [0.1, 0.15) is 18.1 Å². The summed E-state index contributed by atoms with van der Waals surface area (Å²) in [5, 5.41) is 11.5. The van der Waals surface area contributed by atoms with E-state index in [-0.39, 0.29) is 17.9 Å². The zero-order valence-electron chi connectivity index (χ0n) is 22.9. The number of carbonyl (C=O) groups excluding carboxylic acids is 2. The molecular formula is C34H32N2O4. The molecule has 1 aliphatic heterocycles. The Bertz CT molecular complexity index is 1540. The molecule has 1 amide bonds. The molecular weight excluding hydrogens is 500 g/mol. The Morgan fingerprint density at radius 1 is 0.925 bits per heavy atom. The molecule has 1 unspecified atom stereocenters. The Hall–Kier alpha value is -4.71.